The number of hydrogen-bond acceptors (Lipinski definition) is 9. The molecule has 12 heteroatoms. The second-order valence-corrected chi connectivity index (χ2v) is 9.42. The number of anilines is 1. The molecule has 8 nitrogen and oxygen atoms in total. The highest BCUT2D eigenvalue weighted by Gasteiger charge is 2.24. The summed E-state index contributed by atoms with van der Waals surface area (Å²) in [5, 5.41) is 3.40. The van der Waals surface area contributed by atoms with Crippen LogP contribution < -0.4 is 23.5 Å². The van der Waals surface area contributed by atoms with Gasteiger partial charge < -0.3 is 14.4 Å². The Kier molecular flexibility index (Phi) is 8.40. The third-order valence-electron chi connectivity index (χ3n) is 4.26. The highest BCUT2D eigenvalue weighted by atomic mass is 35.7. The molecule has 0 radical (unpaired) electrons. The minimum atomic E-state index is -4.94. The van der Waals surface area contributed by atoms with E-state index in [1.807, 2.05) is 0 Å². The fourth-order valence-electron chi connectivity index (χ4n) is 2.92. The zero-order valence-corrected chi connectivity index (χ0v) is 18.5. The van der Waals surface area contributed by atoms with Crippen molar-refractivity contribution in [2.75, 3.05) is 57.5 Å². The van der Waals surface area contributed by atoms with Crippen molar-refractivity contribution in [2.45, 2.75) is 0 Å². The summed E-state index contributed by atoms with van der Waals surface area (Å²) in [5.74, 6) is 0. The third kappa shape index (κ3) is 7.21. The van der Waals surface area contributed by atoms with Crippen LogP contribution in [-0.2, 0) is 9.47 Å². The highest BCUT2D eigenvalue weighted by molar-refractivity contribution is 8.18. The molecule has 2 fully saturated rings. The summed E-state index contributed by atoms with van der Waals surface area (Å²) in [7, 11) is -4.94. The molecule has 1 aromatic rings. The second kappa shape index (κ2) is 10.6. The zero-order chi connectivity index (χ0) is 20.9. The Hall–Kier alpha value is -0.660. The van der Waals surface area contributed by atoms with E-state index < -0.39 is 10.2 Å². The van der Waals surface area contributed by atoms with Gasteiger partial charge in [0.25, 0.3) is 0 Å². The molecule has 4 heterocycles. The van der Waals surface area contributed by atoms with E-state index in [2.05, 4.69) is 33.8 Å². The summed E-state index contributed by atoms with van der Waals surface area (Å²) in [6, 6.07) is 4.30. The largest absolute Gasteiger partial charge is 0.378 e. The third-order valence-corrected chi connectivity index (χ3v) is 7.22. The Labute approximate surface area is 184 Å². The van der Waals surface area contributed by atoms with E-state index in [-0.39, 0.29) is 0 Å². The number of ether oxygens (including phenoxy) is 2. The van der Waals surface area contributed by atoms with Gasteiger partial charge >= 0.3 is 0 Å². The van der Waals surface area contributed by atoms with Crippen molar-refractivity contribution in [3.8, 4) is 0 Å². The van der Waals surface area contributed by atoms with Crippen molar-refractivity contribution in [3.05, 3.63) is 34.1 Å². The number of nitrogens with zero attached hydrogens (tertiary/aromatic N) is 2. The number of hydrogen-bond donors (Lipinski definition) is 0. The summed E-state index contributed by atoms with van der Waals surface area (Å²) in [4.78, 5) is 4.64. The molecule has 0 spiro atoms. The van der Waals surface area contributed by atoms with Gasteiger partial charge in [-0.05, 0) is 30.0 Å². The van der Waals surface area contributed by atoms with Crippen molar-refractivity contribution >= 4 is 49.8 Å². The van der Waals surface area contributed by atoms with Crippen LogP contribution >= 0.6 is 34.7 Å². The summed E-state index contributed by atoms with van der Waals surface area (Å²) in [6.07, 6.45) is 4.30. The lowest BCUT2D eigenvalue weighted by molar-refractivity contribution is -2.00. The van der Waals surface area contributed by atoms with E-state index >= 15 is 0 Å². The number of halogens is 2. The minimum absolute atomic E-state index is 0.804. The maximum Gasteiger partial charge on any atom is 0.239 e. The quantitative estimate of drug-likeness (QED) is 0.466. The van der Waals surface area contributed by atoms with Crippen LogP contribution in [0.3, 0.4) is 0 Å². The fraction of sp³-hybridized carbons (Fsp3) is 0.471. The monoisotopic (exact) mass is 482 g/mol. The lowest BCUT2D eigenvalue weighted by Gasteiger charge is -2.27. The minimum Gasteiger partial charge on any atom is -0.378 e. The van der Waals surface area contributed by atoms with Crippen LogP contribution in [0.15, 0.2) is 29.2 Å². The first-order valence-corrected chi connectivity index (χ1v) is 12.1. The molecule has 0 aromatic carbocycles. The van der Waals surface area contributed by atoms with E-state index in [4.69, 9.17) is 39.7 Å². The van der Waals surface area contributed by atoms with E-state index in [0.29, 0.717) is 0 Å². The number of thiophene rings is 1. The van der Waals surface area contributed by atoms with Crippen molar-refractivity contribution in [1.29, 1.82) is 0 Å². The molecule has 4 rings (SSSR count). The molecule has 0 atom stereocenters. The zero-order valence-electron chi connectivity index (χ0n) is 15.4. The van der Waals surface area contributed by atoms with Crippen LogP contribution in [0.25, 0.3) is 5.03 Å². The smallest absolute Gasteiger partial charge is 0.239 e. The topological polar surface area (TPSA) is 117 Å². The molecule has 29 heavy (non-hydrogen) atoms. The lowest BCUT2D eigenvalue weighted by atomic mass is 10.3. The van der Waals surface area contributed by atoms with Gasteiger partial charge in [-0.15, -0.1) is 21.6 Å². The second-order valence-electron chi connectivity index (χ2n) is 6.17. The first kappa shape index (κ1) is 23.0. The summed E-state index contributed by atoms with van der Waals surface area (Å²) >= 11 is 10.2. The van der Waals surface area contributed by atoms with Crippen LogP contribution in [0, 0.1) is 10.2 Å². The SMILES string of the molecule is Cl/C(=C1/C=CC(=[N+]2CCOCC2)S1)c1ccc(N2CCOCC2)s1.[O-][Cl+3]([O-])([O-])[O-]. The van der Waals surface area contributed by atoms with Crippen LogP contribution in [0.1, 0.15) is 4.88 Å². The van der Waals surface area contributed by atoms with Crippen LogP contribution in [0.2, 0.25) is 0 Å². The number of allylic oxidation sites excluding steroid dienone is 1. The number of rotatable bonds is 2. The maximum absolute atomic E-state index is 8.49. The van der Waals surface area contributed by atoms with Gasteiger partial charge in [-0.3, -0.25) is 0 Å². The molecule has 3 aliphatic heterocycles. The predicted octanol–water partition coefficient (Wildman–Crippen LogP) is -1.52. The van der Waals surface area contributed by atoms with Crippen molar-refractivity contribution in [2.24, 2.45) is 0 Å². The summed E-state index contributed by atoms with van der Waals surface area (Å²) < 4.78 is 47.2. The molecular weight excluding hydrogens is 463 g/mol. The molecule has 0 saturated carbocycles. The van der Waals surface area contributed by atoms with Crippen molar-refractivity contribution < 1.29 is 42.9 Å². The normalized spacial score (nSPS) is 21.9. The first-order valence-electron chi connectivity index (χ1n) is 8.81. The molecule has 3 aliphatic rings. The van der Waals surface area contributed by atoms with Crippen molar-refractivity contribution in [1.82, 2.24) is 0 Å². The number of morpholine rings is 2. The van der Waals surface area contributed by atoms with Crippen LogP contribution in [0.4, 0.5) is 5.00 Å². The van der Waals surface area contributed by atoms with Crippen molar-refractivity contribution in [3.63, 3.8) is 0 Å². The van der Waals surface area contributed by atoms with Gasteiger partial charge in [-0.1, -0.05) is 11.6 Å². The van der Waals surface area contributed by atoms with Gasteiger partial charge in [0.05, 0.1) is 23.2 Å². The van der Waals surface area contributed by atoms with E-state index in [9.17, 15) is 0 Å². The highest BCUT2D eigenvalue weighted by Crippen LogP contribution is 2.40. The van der Waals surface area contributed by atoms with E-state index in [1.54, 1.807) is 23.1 Å². The Morgan fingerprint density at radius 3 is 2.28 bits per heavy atom. The van der Waals surface area contributed by atoms with Gasteiger partial charge in [0.2, 0.25) is 5.04 Å². The van der Waals surface area contributed by atoms with Gasteiger partial charge in [0, 0.05) is 28.9 Å². The molecule has 0 N–H and O–H groups in total. The predicted molar refractivity (Wildman–Crippen MR) is 103 cm³/mol. The van der Waals surface area contributed by atoms with E-state index in [1.165, 1.54) is 10.0 Å². The van der Waals surface area contributed by atoms with Gasteiger partial charge in [-0.2, -0.15) is 0 Å². The van der Waals surface area contributed by atoms with Crippen LogP contribution in [0.5, 0.6) is 0 Å². The molecular formula is C17H20Cl2N2O6S2. The Morgan fingerprint density at radius 1 is 1.00 bits per heavy atom. The number of thioether (sulfide) groups is 1. The first-order chi connectivity index (χ1) is 13.8. The average molecular weight is 483 g/mol. The van der Waals surface area contributed by atoms with Gasteiger partial charge in [0.15, 0.2) is 13.1 Å². The summed E-state index contributed by atoms with van der Waals surface area (Å²) in [6.45, 7) is 7.04. The standard InChI is InChI=1S/C17H20ClN2O2S2.ClHO4/c18-17(13-1-3-15(23-13)19-5-9-21-10-6-19)14-2-4-16(24-14)20-7-11-22-12-8-20;2-1(3,4)5/h1-4H,5-12H2;(H,2,3,4,5)/q+1;/p-1. The Morgan fingerprint density at radius 2 is 1.62 bits per heavy atom. The summed E-state index contributed by atoms with van der Waals surface area (Å²) in [5.41, 5.74) is 0. The molecule has 0 amide bonds. The molecule has 0 aliphatic carbocycles. The molecule has 2 saturated heterocycles. The van der Waals surface area contributed by atoms with Crippen LogP contribution in [-0.4, -0.2) is 62.2 Å². The van der Waals surface area contributed by atoms with Gasteiger partial charge in [-0.25, -0.2) is 23.2 Å². The molecule has 0 bridgehead atoms. The molecule has 160 valence electrons. The molecule has 0 unspecified atom stereocenters. The molecule has 1 aromatic heterocycles. The van der Waals surface area contributed by atoms with E-state index in [0.717, 1.165) is 67.4 Å². The fourth-order valence-corrected chi connectivity index (χ4v) is 5.36. The Bertz CT molecular complexity index is 786. The maximum atomic E-state index is 8.49. The average Bonchev–Trinajstić information content (AvgIpc) is 3.38. The lowest BCUT2D eigenvalue weighted by Crippen LogP contribution is -2.68. The van der Waals surface area contributed by atoms with Gasteiger partial charge in [0.1, 0.15) is 13.2 Å². The Balaban J connectivity index is 0.000000431.